The van der Waals surface area contributed by atoms with Gasteiger partial charge in [0.05, 0.1) is 13.2 Å². The number of nitrogens with one attached hydrogen (secondary N) is 1. The van der Waals surface area contributed by atoms with E-state index in [1.165, 1.54) is 45.4 Å². The van der Waals surface area contributed by atoms with E-state index >= 15 is 0 Å². The molecule has 1 atom stereocenters. The standard InChI is InChI=1S/C16H33N3O/c1-3-7-18-8-4-16(5-9-18)15(2)17-6-10-19-11-13-20-14-12-19/h15-17H,3-14H2,1-2H3. The SMILES string of the molecule is CCCN1CCC(C(C)NCCN2CCOCC2)CC1. The maximum atomic E-state index is 5.39. The molecule has 0 spiro atoms. The van der Waals surface area contributed by atoms with Crippen molar-refractivity contribution < 1.29 is 4.74 Å². The quantitative estimate of drug-likeness (QED) is 0.765. The summed E-state index contributed by atoms with van der Waals surface area (Å²) in [4.78, 5) is 5.13. The maximum Gasteiger partial charge on any atom is 0.0594 e. The van der Waals surface area contributed by atoms with Crippen LogP contribution in [0.2, 0.25) is 0 Å². The first-order valence-corrected chi connectivity index (χ1v) is 8.55. The number of hydrogen-bond acceptors (Lipinski definition) is 4. The summed E-state index contributed by atoms with van der Waals surface area (Å²) in [6, 6.07) is 0.666. The molecule has 2 fully saturated rings. The largest absolute Gasteiger partial charge is 0.379 e. The fraction of sp³-hybridized carbons (Fsp3) is 1.00. The van der Waals surface area contributed by atoms with Crippen molar-refractivity contribution in [3.63, 3.8) is 0 Å². The number of morpholine rings is 1. The molecular weight excluding hydrogens is 250 g/mol. The highest BCUT2D eigenvalue weighted by atomic mass is 16.5. The summed E-state index contributed by atoms with van der Waals surface area (Å²) in [5, 5.41) is 3.75. The number of ether oxygens (including phenoxy) is 1. The molecule has 0 saturated carbocycles. The summed E-state index contributed by atoms with van der Waals surface area (Å²) < 4.78 is 5.39. The number of rotatable bonds is 7. The lowest BCUT2D eigenvalue weighted by atomic mass is 9.90. The Bertz CT molecular complexity index is 248. The first-order valence-electron chi connectivity index (χ1n) is 8.55. The molecule has 0 amide bonds. The lowest BCUT2D eigenvalue weighted by Gasteiger charge is -2.35. The van der Waals surface area contributed by atoms with Crippen LogP contribution in [0.1, 0.15) is 33.1 Å². The molecule has 2 rings (SSSR count). The average molecular weight is 283 g/mol. The van der Waals surface area contributed by atoms with Gasteiger partial charge in [0.15, 0.2) is 0 Å². The Morgan fingerprint density at radius 1 is 1.05 bits per heavy atom. The van der Waals surface area contributed by atoms with Crippen LogP contribution < -0.4 is 5.32 Å². The fourth-order valence-corrected chi connectivity index (χ4v) is 3.43. The van der Waals surface area contributed by atoms with E-state index in [2.05, 4.69) is 29.0 Å². The second kappa shape index (κ2) is 8.98. The maximum absolute atomic E-state index is 5.39. The molecule has 0 aromatic rings. The second-order valence-electron chi connectivity index (χ2n) is 6.38. The normalized spacial score (nSPS) is 24.9. The molecule has 0 bridgehead atoms. The van der Waals surface area contributed by atoms with Crippen molar-refractivity contribution in [2.75, 3.05) is 59.0 Å². The molecule has 4 nitrogen and oxygen atoms in total. The van der Waals surface area contributed by atoms with Crippen molar-refractivity contribution in [1.82, 2.24) is 15.1 Å². The molecule has 0 radical (unpaired) electrons. The summed E-state index contributed by atoms with van der Waals surface area (Å²) in [6.45, 7) is 14.8. The zero-order chi connectivity index (χ0) is 14.2. The zero-order valence-corrected chi connectivity index (χ0v) is 13.4. The highest BCUT2D eigenvalue weighted by Crippen LogP contribution is 2.20. The Morgan fingerprint density at radius 3 is 2.35 bits per heavy atom. The van der Waals surface area contributed by atoms with Crippen LogP contribution in [0.15, 0.2) is 0 Å². The summed E-state index contributed by atoms with van der Waals surface area (Å²) in [6.07, 6.45) is 4.02. The van der Waals surface area contributed by atoms with Gasteiger partial charge in [-0.25, -0.2) is 0 Å². The summed E-state index contributed by atoms with van der Waals surface area (Å²) in [7, 11) is 0. The molecule has 2 aliphatic rings. The molecule has 118 valence electrons. The zero-order valence-electron chi connectivity index (χ0n) is 13.4. The Kier molecular flexibility index (Phi) is 7.28. The van der Waals surface area contributed by atoms with Crippen molar-refractivity contribution >= 4 is 0 Å². The molecule has 2 heterocycles. The fourth-order valence-electron chi connectivity index (χ4n) is 3.43. The van der Waals surface area contributed by atoms with Gasteiger partial charge in [-0.05, 0) is 51.7 Å². The van der Waals surface area contributed by atoms with Crippen LogP contribution >= 0.6 is 0 Å². The van der Waals surface area contributed by atoms with Gasteiger partial charge in [0.1, 0.15) is 0 Å². The van der Waals surface area contributed by atoms with E-state index in [1.54, 1.807) is 0 Å². The first-order chi connectivity index (χ1) is 9.79. The van der Waals surface area contributed by atoms with E-state index in [0.717, 1.165) is 38.8 Å². The van der Waals surface area contributed by atoms with Crippen LogP contribution in [0, 0.1) is 5.92 Å². The van der Waals surface area contributed by atoms with Gasteiger partial charge < -0.3 is 15.0 Å². The van der Waals surface area contributed by atoms with Crippen molar-refractivity contribution in [1.29, 1.82) is 0 Å². The van der Waals surface area contributed by atoms with Crippen LogP contribution in [0.25, 0.3) is 0 Å². The van der Waals surface area contributed by atoms with Gasteiger partial charge in [-0.2, -0.15) is 0 Å². The van der Waals surface area contributed by atoms with E-state index in [9.17, 15) is 0 Å². The monoisotopic (exact) mass is 283 g/mol. The molecule has 0 aromatic heterocycles. The Hall–Kier alpha value is -0.160. The van der Waals surface area contributed by atoms with Crippen molar-refractivity contribution in [3.05, 3.63) is 0 Å². The number of piperidine rings is 1. The second-order valence-corrected chi connectivity index (χ2v) is 6.38. The van der Waals surface area contributed by atoms with Crippen LogP contribution in [-0.2, 0) is 4.74 Å². The smallest absolute Gasteiger partial charge is 0.0594 e. The third-order valence-corrected chi connectivity index (χ3v) is 4.88. The third kappa shape index (κ3) is 5.32. The van der Waals surface area contributed by atoms with Gasteiger partial charge in [-0.15, -0.1) is 0 Å². The van der Waals surface area contributed by atoms with Gasteiger partial charge in [0, 0.05) is 32.2 Å². The van der Waals surface area contributed by atoms with Crippen LogP contribution in [-0.4, -0.2) is 74.9 Å². The topological polar surface area (TPSA) is 27.7 Å². The molecule has 20 heavy (non-hydrogen) atoms. The Labute approximate surface area is 124 Å². The lowest BCUT2D eigenvalue weighted by Crippen LogP contribution is -2.45. The highest BCUT2D eigenvalue weighted by molar-refractivity contribution is 4.79. The summed E-state index contributed by atoms with van der Waals surface area (Å²) >= 11 is 0. The van der Waals surface area contributed by atoms with E-state index < -0.39 is 0 Å². The Morgan fingerprint density at radius 2 is 1.70 bits per heavy atom. The minimum atomic E-state index is 0.666. The summed E-state index contributed by atoms with van der Waals surface area (Å²) in [5.41, 5.74) is 0. The molecule has 0 aliphatic carbocycles. The van der Waals surface area contributed by atoms with Crippen LogP contribution in [0.4, 0.5) is 0 Å². The molecule has 2 saturated heterocycles. The van der Waals surface area contributed by atoms with E-state index in [1.807, 2.05) is 0 Å². The van der Waals surface area contributed by atoms with Crippen LogP contribution in [0.5, 0.6) is 0 Å². The van der Waals surface area contributed by atoms with Gasteiger partial charge in [0.2, 0.25) is 0 Å². The van der Waals surface area contributed by atoms with Gasteiger partial charge in [-0.3, -0.25) is 4.90 Å². The van der Waals surface area contributed by atoms with Crippen LogP contribution in [0.3, 0.4) is 0 Å². The van der Waals surface area contributed by atoms with Gasteiger partial charge >= 0.3 is 0 Å². The predicted molar refractivity (Wildman–Crippen MR) is 84.2 cm³/mol. The minimum absolute atomic E-state index is 0.666. The van der Waals surface area contributed by atoms with E-state index in [4.69, 9.17) is 4.74 Å². The molecule has 4 heteroatoms. The van der Waals surface area contributed by atoms with Gasteiger partial charge in [-0.1, -0.05) is 6.92 Å². The molecule has 0 aromatic carbocycles. The lowest BCUT2D eigenvalue weighted by molar-refractivity contribution is 0.0377. The minimum Gasteiger partial charge on any atom is -0.379 e. The Balaban J connectivity index is 1.56. The number of likely N-dealkylation sites (tertiary alicyclic amines) is 1. The highest BCUT2D eigenvalue weighted by Gasteiger charge is 2.23. The van der Waals surface area contributed by atoms with Crippen molar-refractivity contribution in [2.45, 2.75) is 39.2 Å². The van der Waals surface area contributed by atoms with E-state index in [-0.39, 0.29) is 0 Å². The first kappa shape index (κ1) is 16.2. The molecule has 1 unspecified atom stereocenters. The van der Waals surface area contributed by atoms with Gasteiger partial charge in [0.25, 0.3) is 0 Å². The van der Waals surface area contributed by atoms with Crippen molar-refractivity contribution in [3.8, 4) is 0 Å². The molecule has 1 N–H and O–H groups in total. The molecule has 2 aliphatic heterocycles. The van der Waals surface area contributed by atoms with E-state index in [0.29, 0.717) is 6.04 Å². The number of hydrogen-bond donors (Lipinski definition) is 1. The predicted octanol–water partition coefficient (Wildman–Crippen LogP) is 1.42. The summed E-state index contributed by atoms with van der Waals surface area (Å²) in [5.74, 6) is 0.868. The molecular formula is C16H33N3O. The number of nitrogens with zero attached hydrogens (tertiary/aromatic N) is 2. The van der Waals surface area contributed by atoms with Crippen molar-refractivity contribution in [2.24, 2.45) is 5.92 Å². The third-order valence-electron chi connectivity index (χ3n) is 4.88. The average Bonchev–Trinajstić information content (AvgIpc) is 2.49.